The highest BCUT2D eigenvalue weighted by molar-refractivity contribution is 14.1. The molecule has 1 aliphatic carbocycles. The molecule has 3 aromatic rings. The number of halogens is 1. The summed E-state index contributed by atoms with van der Waals surface area (Å²) >= 11 is 2.31. The normalized spacial score (nSPS) is 12.4. The second-order valence-electron chi connectivity index (χ2n) is 7.76. The number of alkyl carbamates (subject to hydrolysis) is 1. The fraction of sp³-hybridized carbons (Fsp3) is 0.240. The number of anilines is 1. The van der Waals surface area contributed by atoms with E-state index in [1.54, 1.807) is 0 Å². The molecule has 0 unspecified atom stereocenters. The van der Waals surface area contributed by atoms with Crippen molar-refractivity contribution in [2.24, 2.45) is 0 Å². The average molecular weight is 512 g/mol. The largest absolute Gasteiger partial charge is 0.449 e. The molecule has 1 amide bonds. The fourth-order valence-corrected chi connectivity index (χ4v) is 4.95. The Hall–Kier alpha value is -2.54. The van der Waals surface area contributed by atoms with Crippen molar-refractivity contribution in [2.45, 2.75) is 33.2 Å². The molecule has 5 heteroatoms. The number of nitrogens with one attached hydrogen (secondary N) is 1. The second-order valence-corrected chi connectivity index (χ2v) is 8.84. The number of carbonyl (C=O) groups excluding carboxylic acids is 1. The molecular weight excluding hydrogens is 487 g/mol. The van der Waals surface area contributed by atoms with Gasteiger partial charge in [-0.15, -0.1) is 0 Å². The fourth-order valence-electron chi connectivity index (χ4n) is 4.33. The zero-order valence-electron chi connectivity index (χ0n) is 17.4. The zero-order valence-corrected chi connectivity index (χ0v) is 19.5. The first-order chi connectivity index (χ1) is 14.4. The molecule has 4 nitrogen and oxygen atoms in total. The van der Waals surface area contributed by atoms with E-state index in [0.717, 1.165) is 31.5 Å². The highest BCUT2D eigenvalue weighted by Crippen LogP contribution is 2.44. The smallest absolute Gasteiger partial charge is 0.407 e. The predicted molar refractivity (Wildman–Crippen MR) is 130 cm³/mol. The summed E-state index contributed by atoms with van der Waals surface area (Å²) in [5, 5.41) is 2.91. The molecule has 0 saturated heterocycles. The number of nitrogen functional groups attached to an aromatic ring is 1. The first kappa shape index (κ1) is 20.7. The number of benzene rings is 3. The van der Waals surface area contributed by atoms with Crippen molar-refractivity contribution in [2.75, 3.05) is 12.3 Å². The maximum absolute atomic E-state index is 12.5. The highest BCUT2D eigenvalue weighted by atomic mass is 127. The number of amides is 1. The van der Waals surface area contributed by atoms with Gasteiger partial charge in [0.1, 0.15) is 6.61 Å². The topological polar surface area (TPSA) is 64.3 Å². The summed E-state index contributed by atoms with van der Waals surface area (Å²) in [4.78, 5) is 12.5. The van der Waals surface area contributed by atoms with Crippen molar-refractivity contribution >= 4 is 34.4 Å². The van der Waals surface area contributed by atoms with Crippen molar-refractivity contribution in [3.8, 4) is 11.1 Å². The van der Waals surface area contributed by atoms with E-state index in [-0.39, 0.29) is 5.92 Å². The molecule has 0 radical (unpaired) electrons. The van der Waals surface area contributed by atoms with E-state index < -0.39 is 6.09 Å². The number of ether oxygens (including phenoxy) is 1. The summed E-state index contributed by atoms with van der Waals surface area (Å²) in [5.41, 5.74) is 16.2. The van der Waals surface area contributed by atoms with Gasteiger partial charge in [0.25, 0.3) is 0 Å². The third-order valence-electron chi connectivity index (χ3n) is 6.12. The van der Waals surface area contributed by atoms with E-state index in [1.165, 1.54) is 22.3 Å². The maximum atomic E-state index is 12.5. The summed E-state index contributed by atoms with van der Waals surface area (Å²) in [6.07, 6.45) is -0.412. The van der Waals surface area contributed by atoms with Crippen LogP contribution >= 0.6 is 22.6 Å². The third-order valence-corrected chi connectivity index (χ3v) is 7.74. The van der Waals surface area contributed by atoms with Crippen molar-refractivity contribution in [3.05, 3.63) is 85.5 Å². The summed E-state index contributed by atoms with van der Waals surface area (Å²) in [6, 6.07) is 16.7. The molecule has 1 aliphatic rings. The van der Waals surface area contributed by atoms with Crippen LogP contribution in [0.1, 0.15) is 39.3 Å². The lowest BCUT2D eigenvalue weighted by molar-refractivity contribution is 0.142. The van der Waals surface area contributed by atoms with Crippen molar-refractivity contribution in [1.29, 1.82) is 0 Å². The second kappa shape index (κ2) is 8.30. The molecule has 4 rings (SSSR count). The molecule has 0 heterocycles. The van der Waals surface area contributed by atoms with Gasteiger partial charge in [0, 0.05) is 21.7 Å². The molecule has 30 heavy (non-hydrogen) atoms. The monoisotopic (exact) mass is 512 g/mol. The van der Waals surface area contributed by atoms with Crippen LogP contribution in [-0.4, -0.2) is 12.7 Å². The molecule has 0 aliphatic heterocycles. The van der Waals surface area contributed by atoms with Crippen LogP contribution in [0.3, 0.4) is 0 Å². The van der Waals surface area contributed by atoms with Crippen molar-refractivity contribution < 1.29 is 9.53 Å². The maximum Gasteiger partial charge on any atom is 0.407 e. The van der Waals surface area contributed by atoms with Gasteiger partial charge in [0.15, 0.2) is 0 Å². The minimum absolute atomic E-state index is 0.0580. The number of hydrogen-bond donors (Lipinski definition) is 2. The Morgan fingerprint density at radius 2 is 1.53 bits per heavy atom. The zero-order chi connectivity index (χ0) is 21.4. The minimum atomic E-state index is -0.412. The lowest BCUT2D eigenvalue weighted by Crippen LogP contribution is -2.26. The molecule has 0 fully saturated rings. The Morgan fingerprint density at radius 3 is 2.13 bits per heavy atom. The van der Waals surface area contributed by atoms with Crippen LogP contribution in [0.2, 0.25) is 0 Å². The quantitative estimate of drug-likeness (QED) is 0.341. The van der Waals surface area contributed by atoms with Crippen LogP contribution in [-0.2, 0) is 11.3 Å². The summed E-state index contributed by atoms with van der Waals surface area (Å²) in [7, 11) is 0. The van der Waals surface area contributed by atoms with Gasteiger partial charge >= 0.3 is 6.09 Å². The van der Waals surface area contributed by atoms with Crippen molar-refractivity contribution in [3.63, 3.8) is 0 Å². The minimum Gasteiger partial charge on any atom is -0.449 e. The first-order valence-corrected chi connectivity index (χ1v) is 11.1. The lowest BCUT2D eigenvalue weighted by Gasteiger charge is -2.18. The van der Waals surface area contributed by atoms with Gasteiger partial charge in [-0.2, -0.15) is 0 Å². The van der Waals surface area contributed by atoms with E-state index >= 15 is 0 Å². The van der Waals surface area contributed by atoms with E-state index in [2.05, 4.69) is 59.1 Å². The molecule has 0 aromatic heterocycles. The molecule has 0 bridgehead atoms. The number of rotatable bonds is 4. The van der Waals surface area contributed by atoms with Gasteiger partial charge in [0.05, 0.1) is 0 Å². The van der Waals surface area contributed by atoms with Crippen LogP contribution in [0, 0.1) is 24.3 Å². The number of fused-ring (bicyclic) bond motifs is 3. The molecule has 0 spiro atoms. The molecule has 154 valence electrons. The van der Waals surface area contributed by atoms with Gasteiger partial charge in [-0.05, 0) is 87.9 Å². The van der Waals surface area contributed by atoms with E-state index in [4.69, 9.17) is 10.5 Å². The highest BCUT2D eigenvalue weighted by Gasteiger charge is 2.29. The first-order valence-electron chi connectivity index (χ1n) is 10.0. The average Bonchev–Trinajstić information content (AvgIpc) is 3.08. The Balaban J connectivity index is 1.46. The van der Waals surface area contributed by atoms with Crippen LogP contribution in [0.25, 0.3) is 11.1 Å². The Kier molecular flexibility index (Phi) is 5.73. The summed E-state index contributed by atoms with van der Waals surface area (Å²) in [5.74, 6) is 0.0580. The molecule has 0 atom stereocenters. The molecule has 3 aromatic carbocycles. The van der Waals surface area contributed by atoms with Crippen LogP contribution < -0.4 is 11.1 Å². The van der Waals surface area contributed by atoms with E-state index in [0.29, 0.717) is 13.2 Å². The van der Waals surface area contributed by atoms with E-state index in [1.807, 2.05) is 38.1 Å². The van der Waals surface area contributed by atoms with Crippen LogP contribution in [0.15, 0.2) is 48.5 Å². The van der Waals surface area contributed by atoms with Crippen LogP contribution in [0.4, 0.5) is 10.5 Å². The van der Waals surface area contributed by atoms with Gasteiger partial charge in [-0.1, -0.05) is 48.5 Å². The Labute approximate surface area is 191 Å². The Bertz CT molecular complexity index is 1070. The third kappa shape index (κ3) is 3.55. The van der Waals surface area contributed by atoms with Gasteiger partial charge in [-0.3, -0.25) is 0 Å². The Morgan fingerprint density at radius 1 is 0.967 bits per heavy atom. The SMILES string of the molecule is Cc1c(N)c(C)c(CNC(=O)OCC2c3ccccc3-c3ccccc32)c(C)c1I. The number of carbonyl (C=O) groups is 1. The van der Waals surface area contributed by atoms with Gasteiger partial charge in [0.2, 0.25) is 0 Å². The molecular formula is C25H25IN2O2. The van der Waals surface area contributed by atoms with Gasteiger partial charge in [-0.25, -0.2) is 4.79 Å². The standard InChI is InChI=1S/C25H25IN2O2/c1-14-21(15(2)24(27)16(3)23(14)26)12-28-25(29)30-13-22-19-10-6-4-8-17(19)18-9-5-7-11-20(18)22/h4-11,22H,12-13,27H2,1-3H3,(H,28,29). The molecule has 3 N–H and O–H groups in total. The van der Waals surface area contributed by atoms with Gasteiger partial charge < -0.3 is 15.8 Å². The van der Waals surface area contributed by atoms with Crippen molar-refractivity contribution in [1.82, 2.24) is 5.32 Å². The summed E-state index contributed by atoms with van der Waals surface area (Å²) in [6.45, 7) is 6.80. The predicted octanol–water partition coefficient (Wildman–Crippen LogP) is 5.84. The molecule has 0 saturated carbocycles. The number of nitrogens with two attached hydrogens (primary N) is 1. The van der Waals surface area contributed by atoms with Crippen LogP contribution in [0.5, 0.6) is 0 Å². The summed E-state index contributed by atoms with van der Waals surface area (Å²) < 4.78 is 6.78. The lowest BCUT2D eigenvalue weighted by atomic mass is 9.97. The van der Waals surface area contributed by atoms with E-state index in [9.17, 15) is 4.79 Å². The number of hydrogen-bond acceptors (Lipinski definition) is 3.